The molecular weight excluding hydrogens is 361 g/mol. The van der Waals surface area contributed by atoms with Gasteiger partial charge in [-0.15, -0.1) is 0 Å². The molecule has 3 aromatic rings. The fourth-order valence-corrected chi connectivity index (χ4v) is 2.58. The maximum absolute atomic E-state index is 13.6. The van der Waals surface area contributed by atoms with Crippen molar-refractivity contribution < 1.29 is 18.7 Å². The van der Waals surface area contributed by atoms with E-state index in [9.17, 15) is 14.0 Å². The number of halogens is 1. The fourth-order valence-electron chi connectivity index (χ4n) is 2.58. The van der Waals surface area contributed by atoms with E-state index in [0.29, 0.717) is 22.8 Å². The number of anilines is 1. The lowest BCUT2D eigenvalue weighted by Gasteiger charge is -2.13. The summed E-state index contributed by atoms with van der Waals surface area (Å²) in [6.07, 6.45) is -1.08. The van der Waals surface area contributed by atoms with Crippen molar-refractivity contribution in [2.45, 2.75) is 26.9 Å². The maximum atomic E-state index is 13.6. The van der Waals surface area contributed by atoms with Crippen molar-refractivity contribution in [1.29, 1.82) is 0 Å². The van der Waals surface area contributed by atoms with Crippen molar-refractivity contribution in [3.63, 3.8) is 0 Å². The average molecular weight is 381 g/mol. The molecule has 0 bridgehead atoms. The Morgan fingerprint density at radius 1 is 1.14 bits per heavy atom. The molecule has 1 aromatic heterocycles. The van der Waals surface area contributed by atoms with E-state index in [1.54, 1.807) is 26.0 Å². The molecule has 1 unspecified atom stereocenters. The van der Waals surface area contributed by atoms with Gasteiger partial charge in [0.25, 0.3) is 5.91 Å². The van der Waals surface area contributed by atoms with E-state index in [0.717, 1.165) is 5.56 Å². The number of ether oxygens (including phenoxy) is 1. The molecule has 3 rings (SSSR count). The molecule has 0 saturated heterocycles. The lowest BCUT2D eigenvalue weighted by molar-refractivity contribution is -0.123. The summed E-state index contributed by atoms with van der Waals surface area (Å²) in [6.45, 7) is 4.77. The standard InChI is InChI=1S/C21H20FN3O3/c1-12-9-10-16(11-17(12)22)24-20(26)14(3)28-21(27)18-13(2)23-19(25-18)15-7-5-4-6-8-15/h4-11,14H,1-3H3,(H,23,25)(H,24,26). The maximum Gasteiger partial charge on any atom is 0.359 e. The van der Waals surface area contributed by atoms with Crippen molar-refractivity contribution in [2.75, 3.05) is 5.32 Å². The van der Waals surface area contributed by atoms with Crippen LogP contribution in [0.3, 0.4) is 0 Å². The lowest BCUT2D eigenvalue weighted by Crippen LogP contribution is -2.30. The van der Waals surface area contributed by atoms with Gasteiger partial charge in [-0.25, -0.2) is 14.2 Å². The summed E-state index contributed by atoms with van der Waals surface area (Å²) in [7, 11) is 0. The van der Waals surface area contributed by atoms with Crippen molar-refractivity contribution >= 4 is 17.6 Å². The Kier molecular flexibility index (Phi) is 5.54. The van der Waals surface area contributed by atoms with Crippen LogP contribution < -0.4 is 5.32 Å². The van der Waals surface area contributed by atoms with Crippen LogP contribution in [0.2, 0.25) is 0 Å². The first-order chi connectivity index (χ1) is 13.3. The number of rotatable bonds is 5. The largest absolute Gasteiger partial charge is 0.448 e. The summed E-state index contributed by atoms with van der Waals surface area (Å²) < 4.78 is 18.8. The number of amides is 1. The van der Waals surface area contributed by atoms with Crippen LogP contribution in [0.25, 0.3) is 11.4 Å². The van der Waals surface area contributed by atoms with Crippen molar-refractivity contribution in [3.8, 4) is 11.4 Å². The van der Waals surface area contributed by atoms with E-state index in [1.807, 2.05) is 30.3 Å². The second-order valence-corrected chi connectivity index (χ2v) is 6.43. The first-order valence-electron chi connectivity index (χ1n) is 8.75. The summed E-state index contributed by atoms with van der Waals surface area (Å²) in [5.74, 6) is -1.16. The minimum atomic E-state index is -1.08. The second-order valence-electron chi connectivity index (χ2n) is 6.43. The van der Waals surface area contributed by atoms with Crippen LogP contribution in [0.5, 0.6) is 0 Å². The third-order valence-corrected chi connectivity index (χ3v) is 4.22. The minimum Gasteiger partial charge on any atom is -0.448 e. The normalized spacial score (nSPS) is 11.7. The highest BCUT2D eigenvalue weighted by Crippen LogP contribution is 2.19. The fraction of sp³-hybridized carbons (Fsp3) is 0.190. The molecule has 0 radical (unpaired) electrons. The molecular formula is C21H20FN3O3. The Morgan fingerprint density at radius 3 is 2.54 bits per heavy atom. The van der Waals surface area contributed by atoms with Gasteiger partial charge in [0, 0.05) is 16.9 Å². The van der Waals surface area contributed by atoms with Crippen molar-refractivity contribution in [3.05, 3.63) is 71.3 Å². The van der Waals surface area contributed by atoms with Crippen LogP contribution in [0.4, 0.5) is 10.1 Å². The molecule has 28 heavy (non-hydrogen) atoms. The molecule has 2 N–H and O–H groups in total. The number of benzene rings is 2. The van der Waals surface area contributed by atoms with Gasteiger partial charge >= 0.3 is 5.97 Å². The molecule has 144 valence electrons. The number of H-pyrrole nitrogens is 1. The summed E-state index contributed by atoms with van der Waals surface area (Å²) in [5, 5.41) is 2.53. The number of aromatic amines is 1. The van der Waals surface area contributed by atoms with Gasteiger partial charge in [-0.1, -0.05) is 36.4 Å². The average Bonchev–Trinajstić information content (AvgIpc) is 3.07. The van der Waals surface area contributed by atoms with Gasteiger partial charge in [-0.3, -0.25) is 4.79 Å². The molecule has 7 heteroatoms. The minimum absolute atomic E-state index is 0.111. The number of aromatic nitrogens is 2. The van der Waals surface area contributed by atoms with Gasteiger partial charge in [-0.2, -0.15) is 0 Å². The van der Waals surface area contributed by atoms with Gasteiger partial charge in [0.05, 0.1) is 0 Å². The molecule has 2 aromatic carbocycles. The molecule has 0 aliphatic carbocycles. The number of carbonyl (C=O) groups is 2. The number of hydrogen-bond acceptors (Lipinski definition) is 4. The summed E-state index contributed by atoms with van der Waals surface area (Å²) in [4.78, 5) is 32.0. The zero-order valence-corrected chi connectivity index (χ0v) is 15.7. The van der Waals surface area contributed by atoms with Crippen LogP contribution >= 0.6 is 0 Å². The number of esters is 1. The number of nitrogens with one attached hydrogen (secondary N) is 2. The molecule has 0 saturated carbocycles. The predicted octanol–water partition coefficient (Wildman–Crippen LogP) is 4.02. The molecule has 1 atom stereocenters. The highest BCUT2D eigenvalue weighted by Gasteiger charge is 2.23. The molecule has 1 amide bonds. The van der Waals surface area contributed by atoms with E-state index < -0.39 is 23.8 Å². The third-order valence-electron chi connectivity index (χ3n) is 4.22. The Hall–Kier alpha value is -3.48. The van der Waals surface area contributed by atoms with Gasteiger partial charge in [0.1, 0.15) is 11.6 Å². The Morgan fingerprint density at radius 2 is 1.86 bits per heavy atom. The molecule has 0 aliphatic rings. The molecule has 1 heterocycles. The second kappa shape index (κ2) is 8.04. The van der Waals surface area contributed by atoms with E-state index >= 15 is 0 Å². The monoisotopic (exact) mass is 381 g/mol. The third kappa shape index (κ3) is 4.25. The zero-order chi connectivity index (χ0) is 20.3. The molecule has 0 aliphatic heterocycles. The first-order valence-corrected chi connectivity index (χ1v) is 8.75. The van der Waals surface area contributed by atoms with Gasteiger partial charge in [-0.05, 0) is 38.5 Å². The van der Waals surface area contributed by atoms with Crippen LogP contribution in [-0.2, 0) is 9.53 Å². The number of aryl methyl sites for hydroxylation is 2. The van der Waals surface area contributed by atoms with Crippen molar-refractivity contribution in [1.82, 2.24) is 9.97 Å². The van der Waals surface area contributed by atoms with Gasteiger partial charge < -0.3 is 15.0 Å². The van der Waals surface area contributed by atoms with E-state index in [2.05, 4.69) is 15.3 Å². The highest BCUT2D eigenvalue weighted by molar-refractivity contribution is 5.97. The number of carbonyl (C=O) groups excluding carboxylic acids is 2. The topological polar surface area (TPSA) is 84.1 Å². The quantitative estimate of drug-likeness (QED) is 0.654. The molecule has 6 nitrogen and oxygen atoms in total. The Balaban J connectivity index is 1.67. The highest BCUT2D eigenvalue weighted by atomic mass is 19.1. The number of imidazole rings is 1. The predicted molar refractivity (Wildman–Crippen MR) is 103 cm³/mol. The smallest absolute Gasteiger partial charge is 0.359 e. The number of hydrogen-bond donors (Lipinski definition) is 2. The SMILES string of the molecule is Cc1ccc(NC(=O)C(C)OC(=O)c2nc(-c3ccccc3)[nH]c2C)cc1F. The summed E-state index contributed by atoms with van der Waals surface area (Å²) in [6, 6.07) is 13.7. The first kappa shape index (κ1) is 19.3. The summed E-state index contributed by atoms with van der Waals surface area (Å²) in [5.41, 5.74) is 2.24. The van der Waals surface area contributed by atoms with Crippen molar-refractivity contribution in [2.24, 2.45) is 0 Å². The van der Waals surface area contributed by atoms with Gasteiger partial charge in [0.2, 0.25) is 0 Å². The van der Waals surface area contributed by atoms with E-state index in [1.165, 1.54) is 13.0 Å². The van der Waals surface area contributed by atoms with E-state index in [-0.39, 0.29) is 5.69 Å². The van der Waals surface area contributed by atoms with Crippen LogP contribution in [0.1, 0.15) is 28.7 Å². The van der Waals surface area contributed by atoms with Gasteiger partial charge in [0.15, 0.2) is 11.8 Å². The number of nitrogens with zero attached hydrogens (tertiary/aromatic N) is 1. The molecule has 0 fully saturated rings. The Bertz CT molecular complexity index is 1010. The van der Waals surface area contributed by atoms with Crippen LogP contribution in [-0.4, -0.2) is 27.9 Å². The Labute approximate surface area is 161 Å². The molecule has 0 spiro atoms. The van der Waals surface area contributed by atoms with E-state index in [4.69, 9.17) is 4.74 Å². The lowest BCUT2D eigenvalue weighted by atomic mass is 10.2. The van der Waals surface area contributed by atoms with Crippen LogP contribution in [0.15, 0.2) is 48.5 Å². The summed E-state index contributed by atoms with van der Waals surface area (Å²) >= 11 is 0. The zero-order valence-electron chi connectivity index (χ0n) is 15.7. The van der Waals surface area contributed by atoms with Crippen LogP contribution in [0, 0.1) is 19.7 Å².